The van der Waals surface area contributed by atoms with Crippen molar-refractivity contribution < 1.29 is 14.4 Å². The molecule has 2 bridgehead atoms. The van der Waals surface area contributed by atoms with Crippen molar-refractivity contribution in [3.63, 3.8) is 0 Å². The Balaban J connectivity index is 1.16. The van der Waals surface area contributed by atoms with Crippen LogP contribution in [-0.4, -0.2) is 106 Å². The SMILES string of the molecule is Cc1cc(C)cc(-c2[nH]c3sc(C(C)(C)C(=O)N4C5CCC4CC5)cc3c2C(=O)C(C)N2CCN(CC(=O)N3CCCC3)CC2)c1. The Kier molecular flexibility index (Phi) is 8.39. The molecule has 246 valence electrons. The van der Waals surface area contributed by atoms with Gasteiger partial charge in [0.2, 0.25) is 11.8 Å². The van der Waals surface area contributed by atoms with E-state index in [4.69, 9.17) is 0 Å². The number of hydrogen-bond acceptors (Lipinski definition) is 6. The third-order valence-electron chi connectivity index (χ3n) is 11.2. The van der Waals surface area contributed by atoms with Crippen LogP contribution in [0.15, 0.2) is 24.3 Å². The number of hydrogen-bond donors (Lipinski definition) is 1. The van der Waals surface area contributed by atoms with Crippen LogP contribution in [0.25, 0.3) is 21.5 Å². The molecule has 4 aliphatic heterocycles. The minimum atomic E-state index is -0.662. The van der Waals surface area contributed by atoms with Crippen LogP contribution in [0.3, 0.4) is 0 Å². The smallest absolute Gasteiger partial charge is 0.236 e. The summed E-state index contributed by atoms with van der Waals surface area (Å²) in [6.07, 6.45) is 6.70. The number of benzene rings is 1. The van der Waals surface area contributed by atoms with E-state index in [2.05, 4.69) is 71.6 Å². The molecule has 1 aromatic carbocycles. The average Bonchev–Trinajstić information content (AvgIpc) is 3.87. The zero-order valence-corrected chi connectivity index (χ0v) is 29.0. The quantitative estimate of drug-likeness (QED) is 0.316. The number of fused-ring (bicyclic) bond motifs is 3. The lowest BCUT2D eigenvalue weighted by atomic mass is 9.88. The Morgan fingerprint density at radius 3 is 2.11 bits per heavy atom. The first-order valence-corrected chi connectivity index (χ1v) is 18.2. The second-order valence-electron chi connectivity index (χ2n) is 14.8. The number of carbonyl (C=O) groups excluding carboxylic acids is 3. The second-order valence-corrected chi connectivity index (χ2v) is 15.9. The second kappa shape index (κ2) is 12.2. The molecule has 8 nitrogen and oxygen atoms in total. The summed E-state index contributed by atoms with van der Waals surface area (Å²) in [6.45, 7) is 15.6. The van der Waals surface area contributed by atoms with E-state index in [1.165, 1.54) is 0 Å². The molecule has 7 rings (SSSR count). The fourth-order valence-corrected chi connectivity index (χ4v) is 9.66. The van der Waals surface area contributed by atoms with Crippen molar-refractivity contribution in [3.05, 3.63) is 45.8 Å². The number of amides is 2. The number of Topliss-reactive ketones (excluding diaryl/α,β-unsaturated/α-hetero) is 1. The fourth-order valence-electron chi connectivity index (χ4n) is 8.49. The highest BCUT2D eigenvalue weighted by molar-refractivity contribution is 7.19. The largest absolute Gasteiger partial charge is 0.346 e. The number of aromatic nitrogens is 1. The van der Waals surface area contributed by atoms with Crippen molar-refractivity contribution in [3.8, 4) is 11.3 Å². The summed E-state index contributed by atoms with van der Waals surface area (Å²) < 4.78 is 0. The van der Waals surface area contributed by atoms with Gasteiger partial charge < -0.3 is 14.8 Å². The lowest BCUT2D eigenvalue weighted by Crippen LogP contribution is -2.53. The summed E-state index contributed by atoms with van der Waals surface area (Å²) in [5.74, 6) is 0.557. The van der Waals surface area contributed by atoms with Gasteiger partial charge in [-0.1, -0.05) is 17.2 Å². The number of aryl methyl sites for hydroxylation is 2. The Labute approximate surface area is 277 Å². The number of nitrogens with zero attached hydrogens (tertiary/aromatic N) is 4. The van der Waals surface area contributed by atoms with Gasteiger partial charge in [0.05, 0.1) is 29.3 Å². The third kappa shape index (κ3) is 5.62. The van der Waals surface area contributed by atoms with Crippen LogP contribution in [0.5, 0.6) is 0 Å². The molecular weight excluding hydrogens is 595 g/mol. The Morgan fingerprint density at radius 1 is 0.891 bits per heavy atom. The van der Waals surface area contributed by atoms with Gasteiger partial charge in [-0.3, -0.25) is 24.2 Å². The zero-order chi connectivity index (χ0) is 32.3. The maximum atomic E-state index is 14.6. The van der Waals surface area contributed by atoms with Crippen LogP contribution in [0.2, 0.25) is 0 Å². The van der Waals surface area contributed by atoms with Crippen molar-refractivity contribution in [1.82, 2.24) is 24.6 Å². The molecule has 0 spiro atoms. The first kappa shape index (κ1) is 31.6. The van der Waals surface area contributed by atoms with E-state index in [0.29, 0.717) is 18.6 Å². The monoisotopic (exact) mass is 643 g/mol. The van der Waals surface area contributed by atoms with Crippen LogP contribution in [0, 0.1) is 13.8 Å². The standard InChI is InChI=1S/C37H49N5O3S/c1-23-18-24(2)20-26(19-23)33-32(34(44)25(3)40-16-14-39(15-17-40)22-31(43)41-12-6-7-13-41)29-21-30(46-35(29)38-33)37(4,5)36(45)42-27-8-9-28(42)11-10-27/h18-21,25,27-28,38H,6-17,22H2,1-5H3. The molecule has 2 aromatic heterocycles. The molecule has 1 N–H and O–H groups in total. The van der Waals surface area contributed by atoms with E-state index < -0.39 is 5.41 Å². The molecule has 0 radical (unpaired) electrons. The average molecular weight is 644 g/mol. The summed E-state index contributed by atoms with van der Waals surface area (Å²) in [4.78, 5) is 55.7. The van der Waals surface area contributed by atoms with Crippen molar-refractivity contribution >= 4 is 39.2 Å². The Morgan fingerprint density at radius 2 is 1.50 bits per heavy atom. The summed E-state index contributed by atoms with van der Waals surface area (Å²) in [5.41, 5.74) is 4.27. The van der Waals surface area contributed by atoms with E-state index in [1.807, 2.05) is 11.8 Å². The number of carbonyl (C=O) groups is 3. The van der Waals surface area contributed by atoms with E-state index in [1.54, 1.807) is 11.3 Å². The molecule has 6 heterocycles. The van der Waals surface area contributed by atoms with E-state index in [-0.39, 0.29) is 23.6 Å². The maximum Gasteiger partial charge on any atom is 0.236 e. The molecular formula is C37H49N5O3S. The lowest BCUT2D eigenvalue weighted by molar-refractivity contribution is -0.137. The normalized spacial score (nSPS) is 23.2. The van der Waals surface area contributed by atoms with Crippen molar-refractivity contribution in [2.24, 2.45) is 0 Å². The molecule has 4 saturated heterocycles. The van der Waals surface area contributed by atoms with Crippen molar-refractivity contribution in [2.45, 2.75) is 96.7 Å². The summed E-state index contributed by atoms with van der Waals surface area (Å²) in [7, 11) is 0. The third-order valence-corrected chi connectivity index (χ3v) is 12.6. The van der Waals surface area contributed by atoms with Gasteiger partial charge in [0.15, 0.2) is 5.78 Å². The van der Waals surface area contributed by atoms with Gasteiger partial charge in [0, 0.05) is 61.6 Å². The molecule has 1 unspecified atom stereocenters. The van der Waals surface area contributed by atoms with Gasteiger partial charge in [0.1, 0.15) is 4.83 Å². The zero-order valence-electron chi connectivity index (χ0n) is 28.2. The maximum absolute atomic E-state index is 14.6. The highest BCUT2D eigenvalue weighted by Crippen LogP contribution is 2.45. The summed E-state index contributed by atoms with van der Waals surface area (Å²) >= 11 is 1.62. The van der Waals surface area contributed by atoms with E-state index in [0.717, 1.165) is 121 Å². The fraction of sp³-hybridized carbons (Fsp3) is 0.595. The van der Waals surface area contributed by atoms with Gasteiger partial charge in [-0.15, -0.1) is 11.3 Å². The Hall–Kier alpha value is -3.01. The number of aromatic amines is 1. The molecule has 4 aliphatic rings. The minimum absolute atomic E-state index is 0.105. The molecule has 4 fully saturated rings. The number of likely N-dealkylation sites (tertiary alicyclic amines) is 1. The minimum Gasteiger partial charge on any atom is -0.346 e. The summed E-state index contributed by atoms with van der Waals surface area (Å²) in [5, 5.41) is 0.922. The van der Waals surface area contributed by atoms with Gasteiger partial charge in [-0.05, 0) is 96.9 Å². The topological polar surface area (TPSA) is 80.0 Å². The first-order valence-electron chi connectivity index (χ1n) is 17.4. The number of ketones is 1. The highest BCUT2D eigenvalue weighted by Gasteiger charge is 2.47. The van der Waals surface area contributed by atoms with Crippen molar-refractivity contribution in [2.75, 3.05) is 45.8 Å². The molecule has 3 aromatic rings. The molecule has 9 heteroatoms. The molecule has 0 saturated carbocycles. The Bertz CT molecular complexity index is 1620. The van der Waals surface area contributed by atoms with E-state index in [9.17, 15) is 14.4 Å². The van der Waals surface area contributed by atoms with Gasteiger partial charge in [-0.25, -0.2) is 0 Å². The van der Waals surface area contributed by atoms with Crippen LogP contribution in [0.4, 0.5) is 0 Å². The number of piperazine rings is 1. The number of H-pyrrole nitrogens is 1. The van der Waals surface area contributed by atoms with Crippen molar-refractivity contribution in [1.29, 1.82) is 0 Å². The van der Waals surface area contributed by atoms with Gasteiger partial charge in [0.25, 0.3) is 0 Å². The summed E-state index contributed by atoms with van der Waals surface area (Å²) in [6, 6.07) is 9.04. The predicted molar refractivity (Wildman–Crippen MR) is 185 cm³/mol. The van der Waals surface area contributed by atoms with Crippen LogP contribution in [-0.2, 0) is 15.0 Å². The van der Waals surface area contributed by atoms with Crippen LogP contribution in [0.1, 0.15) is 85.7 Å². The van der Waals surface area contributed by atoms with Gasteiger partial charge in [-0.2, -0.15) is 0 Å². The number of rotatable bonds is 8. The number of nitrogens with one attached hydrogen (secondary N) is 1. The number of thiophene rings is 1. The first-order chi connectivity index (χ1) is 22.0. The van der Waals surface area contributed by atoms with Crippen LogP contribution < -0.4 is 0 Å². The van der Waals surface area contributed by atoms with Gasteiger partial charge >= 0.3 is 0 Å². The van der Waals surface area contributed by atoms with E-state index >= 15 is 0 Å². The molecule has 1 atom stereocenters. The molecule has 0 aliphatic carbocycles. The predicted octanol–water partition coefficient (Wildman–Crippen LogP) is 5.76. The lowest BCUT2D eigenvalue weighted by Gasteiger charge is -2.37. The molecule has 46 heavy (non-hydrogen) atoms. The molecule has 2 amide bonds. The highest BCUT2D eigenvalue weighted by atomic mass is 32.1. The van der Waals surface area contributed by atoms with Crippen LogP contribution >= 0.6 is 11.3 Å².